The molecule has 0 spiro atoms. The van der Waals surface area contributed by atoms with Crippen LogP contribution < -0.4 is 4.74 Å². The van der Waals surface area contributed by atoms with Crippen molar-refractivity contribution in [3.63, 3.8) is 0 Å². The first-order chi connectivity index (χ1) is 11.7. The molecule has 1 aromatic heterocycles. The summed E-state index contributed by atoms with van der Waals surface area (Å²) in [7, 11) is 1.64. The molecular formula is C19H23NO4. The van der Waals surface area contributed by atoms with Crippen LogP contribution in [-0.2, 0) is 17.8 Å². The highest BCUT2D eigenvalue weighted by molar-refractivity contribution is 5.27. The number of hydrogen-bond acceptors (Lipinski definition) is 5. The number of aliphatic hydroxyl groups excluding tert-OH is 1. The maximum Gasteiger partial charge on any atom is 0.118 e. The van der Waals surface area contributed by atoms with E-state index in [1.807, 2.05) is 36.4 Å². The molecule has 1 heterocycles. The molecule has 0 aliphatic heterocycles. The van der Waals surface area contributed by atoms with E-state index in [4.69, 9.17) is 20.3 Å². The maximum absolute atomic E-state index is 10.1. The van der Waals surface area contributed by atoms with Crippen LogP contribution in [0.25, 0.3) is 0 Å². The highest BCUT2D eigenvalue weighted by Gasteiger charge is 2.14. The van der Waals surface area contributed by atoms with Crippen LogP contribution in [0.2, 0.25) is 0 Å². The molecule has 5 nitrogen and oxygen atoms in total. The Morgan fingerprint density at radius 1 is 1.25 bits per heavy atom. The summed E-state index contributed by atoms with van der Waals surface area (Å²) in [4.78, 5) is 2.10. The van der Waals surface area contributed by atoms with Gasteiger partial charge in [-0.25, -0.2) is 0 Å². The Morgan fingerprint density at radius 2 is 2.04 bits per heavy atom. The highest BCUT2D eigenvalue weighted by Crippen LogP contribution is 2.15. The van der Waals surface area contributed by atoms with Crippen molar-refractivity contribution >= 4 is 0 Å². The van der Waals surface area contributed by atoms with Gasteiger partial charge in [0.1, 0.15) is 18.1 Å². The van der Waals surface area contributed by atoms with Crippen molar-refractivity contribution in [2.24, 2.45) is 0 Å². The van der Waals surface area contributed by atoms with Crippen LogP contribution in [0, 0.1) is 12.3 Å². The molecule has 0 bridgehead atoms. The molecule has 24 heavy (non-hydrogen) atoms. The fourth-order valence-electron chi connectivity index (χ4n) is 2.40. The Balaban J connectivity index is 1.97. The van der Waals surface area contributed by atoms with Gasteiger partial charge in [0, 0.05) is 13.1 Å². The standard InChI is InChI=1S/C19H23NO4/c1-3-10-23-15-17(21)13-20(14-19-5-4-11-24-19)12-16-6-8-18(22-2)9-7-16/h1,4-9,11,17,21H,10,12-15H2,2H3. The van der Waals surface area contributed by atoms with Crippen LogP contribution in [0.3, 0.4) is 0 Å². The number of aliphatic hydroxyl groups is 1. The predicted octanol–water partition coefficient (Wildman–Crippen LogP) is 2.30. The number of nitrogens with zero attached hydrogens (tertiary/aromatic N) is 1. The summed E-state index contributed by atoms with van der Waals surface area (Å²) < 4.78 is 15.8. The summed E-state index contributed by atoms with van der Waals surface area (Å²) >= 11 is 0. The van der Waals surface area contributed by atoms with Crippen LogP contribution in [0.4, 0.5) is 0 Å². The topological polar surface area (TPSA) is 55.1 Å². The molecule has 0 fully saturated rings. The zero-order valence-corrected chi connectivity index (χ0v) is 13.9. The first-order valence-corrected chi connectivity index (χ1v) is 7.78. The summed E-state index contributed by atoms with van der Waals surface area (Å²) in [6.45, 7) is 2.15. The van der Waals surface area contributed by atoms with Crippen LogP contribution in [0.5, 0.6) is 5.75 Å². The summed E-state index contributed by atoms with van der Waals surface area (Å²) in [5.41, 5.74) is 1.12. The Hall–Kier alpha value is -2.26. The van der Waals surface area contributed by atoms with E-state index in [-0.39, 0.29) is 13.2 Å². The smallest absolute Gasteiger partial charge is 0.118 e. The fourth-order valence-corrected chi connectivity index (χ4v) is 2.40. The van der Waals surface area contributed by atoms with Crippen molar-refractivity contribution in [2.45, 2.75) is 19.2 Å². The van der Waals surface area contributed by atoms with Gasteiger partial charge in [0.2, 0.25) is 0 Å². The predicted molar refractivity (Wildman–Crippen MR) is 91.5 cm³/mol. The Morgan fingerprint density at radius 3 is 2.67 bits per heavy atom. The number of hydrogen-bond donors (Lipinski definition) is 1. The fraction of sp³-hybridized carbons (Fsp3) is 0.368. The number of furan rings is 1. The zero-order valence-electron chi connectivity index (χ0n) is 13.9. The van der Waals surface area contributed by atoms with Gasteiger partial charge in [-0.1, -0.05) is 18.1 Å². The largest absolute Gasteiger partial charge is 0.497 e. The lowest BCUT2D eigenvalue weighted by Gasteiger charge is -2.24. The number of benzene rings is 1. The van der Waals surface area contributed by atoms with E-state index < -0.39 is 6.10 Å². The third-order valence-electron chi connectivity index (χ3n) is 3.49. The van der Waals surface area contributed by atoms with Gasteiger partial charge in [-0.3, -0.25) is 4.90 Å². The lowest BCUT2D eigenvalue weighted by atomic mass is 10.2. The Bertz CT molecular complexity index is 616. The monoisotopic (exact) mass is 329 g/mol. The zero-order chi connectivity index (χ0) is 17.2. The Labute approximate surface area is 142 Å². The number of terminal acetylenes is 1. The highest BCUT2D eigenvalue weighted by atomic mass is 16.5. The summed E-state index contributed by atoms with van der Waals surface area (Å²) in [6.07, 6.45) is 6.17. The van der Waals surface area contributed by atoms with E-state index in [1.165, 1.54) is 0 Å². The van der Waals surface area contributed by atoms with Gasteiger partial charge in [-0.15, -0.1) is 6.42 Å². The summed E-state index contributed by atoms with van der Waals surface area (Å²) in [5, 5.41) is 10.1. The van der Waals surface area contributed by atoms with Gasteiger partial charge in [-0.05, 0) is 29.8 Å². The molecule has 1 N–H and O–H groups in total. The molecule has 2 aromatic rings. The average molecular weight is 329 g/mol. The van der Waals surface area contributed by atoms with Gasteiger partial charge < -0.3 is 19.0 Å². The summed E-state index contributed by atoms with van der Waals surface area (Å²) in [5.74, 6) is 4.06. The van der Waals surface area contributed by atoms with Gasteiger partial charge in [0.15, 0.2) is 0 Å². The van der Waals surface area contributed by atoms with E-state index in [2.05, 4.69) is 10.8 Å². The van der Waals surface area contributed by atoms with Gasteiger partial charge >= 0.3 is 0 Å². The van der Waals surface area contributed by atoms with Crippen LogP contribution >= 0.6 is 0 Å². The van der Waals surface area contributed by atoms with Gasteiger partial charge in [0.25, 0.3) is 0 Å². The van der Waals surface area contributed by atoms with E-state index in [0.29, 0.717) is 19.6 Å². The van der Waals surface area contributed by atoms with E-state index in [9.17, 15) is 5.11 Å². The second-order valence-electron chi connectivity index (χ2n) is 5.47. The van der Waals surface area contributed by atoms with Crippen molar-refractivity contribution in [1.29, 1.82) is 0 Å². The lowest BCUT2D eigenvalue weighted by molar-refractivity contribution is 0.0230. The first-order valence-electron chi connectivity index (χ1n) is 7.78. The van der Waals surface area contributed by atoms with E-state index in [0.717, 1.165) is 17.1 Å². The van der Waals surface area contributed by atoms with Crippen LogP contribution in [-0.4, -0.2) is 43.0 Å². The molecule has 2 rings (SSSR count). The molecule has 128 valence electrons. The second-order valence-corrected chi connectivity index (χ2v) is 5.47. The molecular weight excluding hydrogens is 306 g/mol. The molecule has 0 radical (unpaired) electrons. The Kier molecular flexibility index (Phi) is 7.37. The molecule has 1 aromatic carbocycles. The number of rotatable bonds is 10. The molecule has 5 heteroatoms. The van der Waals surface area contributed by atoms with Gasteiger partial charge in [-0.2, -0.15) is 0 Å². The third kappa shape index (κ3) is 6.09. The molecule has 1 unspecified atom stereocenters. The third-order valence-corrected chi connectivity index (χ3v) is 3.49. The molecule has 0 amide bonds. The number of methoxy groups -OCH3 is 1. The normalized spacial score (nSPS) is 12.1. The van der Waals surface area contributed by atoms with Crippen molar-refractivity contribution in [3.8, 4) is 18.1 Å². The van der Waals surface area contributed by atoms with Crippen molar-refractivity contribution in [2.75, 3.05) is 26.9 Å². The second kappa shape index (κ2) is 9.78. The minimum absolute atomic E-state index is 0.202. The minimum Gasteiger partial charge on any atom is -0.497 e. The van der Waals surface area contributed by atoms with Crippen molar-refractivity contribution in [3.05, 3.63) is 54.0 Å². The lowest BCUT2D eigenvalue weighted by Crippen LogP contribution is -2.34. The molecule has 1 atom stereocenters. The van der Waals surface area contributed by atoms with Crippen molar-refractivity contribution < 1.29 is 19.0 Å². The van der Waals surface area contributed by atoms with E-state index >= 15 is 0 Å². The van der Waals surface area contributed by atoms with Crippen LogP contribution in [0.1, 0.15) is 11.3 Å². The molecule has 0 aliphatic rings. The maximum atomic E-state index is 10.1. The van der Waals surface area contributed by atoms with Crippen molar-refractivity contribution in [1.82, 2.24) is 4.90 Å². The van der Waals surface area contributed by atoms with Crippen LogP contribution in [0.15, 0.2) is 47.1 Å². The molecule has 0 saturated carbocycles. The van der Waals surface area contributed by atoms with Gasteiger partial charge in [0.05, 0.1) is 32.6 Å². The molecule has 0 aliphatic carbocycles. The summed E-state index contributed by atoms with van der Waals surface area (Å²) in [6, 6.07) is 11.6. The quantitative estimate of drug-likeness (QED) is 0.535. The van der Waals surface area contributed by atoms with E-state index in [1.54, 1.807) is 13.4 Å². The number of ether oxygens (including phenoxy) is 2. The first kappa shape index (κ1) is 18.1. The molecule has 0 saturated heterocycles. The minimum atomic E-state index is -0.619. The average Bonchev–Trinajstić information content (AvgIpc) is 3.08. The SMILES string of the molecule is C#CCOCC(O)CN(Cc1ccc(OC)cc1)Cc1ccco1.